The van der Waals surface area contributed by atoms with Gasteiger partial charge in [0.1, 0.15) is 5.82 Å². The largest absolute Gasteiger partial charge is 0.481 e. The topological polar surface area (TPSA) is 83.5 Å². The van der Waals surface area contributed by atoms with Gasteiger partial charge in [-0.25, -0.2) is 17.5 Å². The van der Waals surface area contributed by atoms with Crippen molar-refractivity contribution in [2.45, 2.75) is 31.6 Å². The maximum atomic E-state index is 13.2. The van der Waals surface area contributed by atoms with Crippen LogP contribution in [0.5, 0.6) is 0 Å². The van der Waals surface area contributed by atoms with Crippen molar-refractivity contribution in [3.8, 4) is 0 Å². The van der Waals surface area contributed by atoms with Crippen LogP contribution in [0.25, 0.3) is 0 Å². The lowest BCUT2D eigenvalue weighted by Gasteiger charge is -2.15. The van der Waals surface area contributed by atoms with Gasteiger partial charge < -0.3 is 5.11 Å². The minimum absolute atomic E-state index is 0.0140. The van der Waals surface area contributed by atoms with Gasteiger partial charge in [-0.2, -0.15) is 0 Å². The van der Waals surface area contributed by atoms with E-state index < -0.39 is 27.2 Å². The monoisotopic (exact) mass is 301 g/mol. The summed E-state index contributed by atoms with van der Waals surface area (Å²) in [7, 11) is -3.85. The number of aliphatic carboxylic acids is 1. The van der Waals surface area contributed by atoms with E-state index >= 15 is 0 Å². The van der Waals surface area contributed by atoms with E-state index in [0.717, 1.165) is 12.1 Å². The number of sulfonamides is 1. The SMILES string of the molecule is Cc1cc(F)cc(C)c1S(=O)(=O)NCC1(C(=O)O)CC1. The Morgan fingerprint density at radius 1 is 1.35 bits per heavy atom. The van der Waals surface area contributed by atoms with Crippen LogP contribution in [0.2, 0.25) is 0 Å². The van der Waals surface area contributed by atoms with Gasteiger partial charge >= 0.3 is 5.97 Å². The zero-order valence-electron chi connectivity index (χ0n) is 11.2. The van der Waals surface area contributed by atoms with Crippen LogP contribution >= 0.6 is 0 Å². The minimum Gasteiger partial charge on any atom is -0.481 e. The summed E-state index contributed by atoms with van der Waals surface area (Å²) in [6, 6.07) is 2.29. The molecule has 0 bridgehead atoms. The number of nitrogens with one attached hydrogen (secondary N) is 1. The maximum absolute atomic E-state index is 13.2. The van der Waals surface area contributed by atoms with Crippen molar-refractivity contribution >= 4 is 16.0 Å². The summed E-state index contributed by atoms with van der Waals surface area (Å²) >= 11 is 0. The lowest BCUT2D eigenvalue weighted by Crippen LogP contribution is -2.34. The van der Waals surface area contributed by atoms with Crippen LogP contribution in [-0.4, -0.2) is 26.0 Å². The third kappa shape index (κ3) is 2.69. The van der Waals surface area contributed by atoms with Gasteiger partial charge in [-0.3, -0.25) is 4.79 Å². The summed E-state index contributed by atoms with van der Waals surface area (Å²) in [5.74, 6) is -1.49. The number of carbonyl (C=O) groups is 1. The fourth-order valence-electron chi connectivity index (χ4n) is 2.24. The van der Waals surface area contributed by atoms with Crippen molar-refractivity contribution in [1.82, 2.24) is 4.72 Å². The standard InChI is InChI=1S/C13H16FNO4S/c1-8-5-10(14)6-9(2)11(8)20(18,19)15-7-13(3-4-13)12(16)17/h5-6,15H,3-4,7H2,1-2H3,(H,16,17). The fourth-order valence-corrected chi connectivity index (χ4v) is 3.82. The van der Waals surface area contributed by atoms with Crippen LogP contribution in [-0.2, 0) is 14.8 Å². The Morgan fingerprint density at radius 3 is 2.25 bits per heavy atom. The predicted molar refractivity (Wildman–Crippen MR) is 70.4 cm³/mol. The third-order valence-corrected chi connectivity index (χ3v) is 5.31. The molecule has 0 atom stereocenters. The van der Waals surface area contributed by atoms with Gasteiger partial charge in [0.15, 0.2) is 0 Å². The van der Waals surface area contributed by atoms with E-state index in [2.05, 4.69) is 4.72 Å². The number of rotatable bonds is 5. The minimum atomic E-state index is -3.85. The summed E-state index contributed by atoms with van der Waals surface area (Å²) in [6.07, 6.45) is 0.929. The smallest absolute Gasteiger partial charge is 0.310 e. The van der Waals surface area contributed by atoms with Crippen molar-refractivity contribution in [1.29, 1.82) is 0 Å². The first-order valence-corrected chi connectivity index (χ1v) is 7.66. The zero-order chi connectivity index (χ0) is 15.1. The molecule has 1 fully saturated rings. The molecule has 0 aromatic heterocycles. The first-order valence-electron chi connectivity index (χ1n) is 6.18. The summed E-state index contributed by atoms with van der Waals surface area (Å²) in [6.45, 7) is 2.88. The number of hydrogen-bond acceptors (Lipinski definition) is 3. The van der Waals surface area contributed by atoms with Gasteiger partial charge in [-0.15, -0.1) is 0 Å². The van der Waals surface area contributed by atoms with Crippen LogP contribution in [0.1, 0.15) is 24.0 Å². The number of hydrogen-bond donors (Lipinski definition) is 2. The quantitative estimate of drug-likeness (QED) is 0.865. The van der Waals surface area contributed by atoms with Crippen molar-refractivity contribution in [2.24, 2.45) is 5.41 Å². The van der Waals surface area contributed by atoms with E-state index in [1.54, 1.807) is 0 Å². The average Bonchev–Trinajstić information content (AvgIpc) is 3.05. The van der Waals surface area contributed by atoms with E-state index in [9.17, 15) is 17.6 Å². The van der Waals surface area contributed by atoms with Gasteiger partial charge in [0.05, 0.1) is 10.3 Å². The Morgan fingerprint density at radius 2 is 1.85 bits per heavy atom. The van der Waals surface area contributed by atoms with Gasteiger partial charge in [0.2, 0.25) is 10.0 Å². The molecule has 0 saturated heterocycles. The highest BCUT2D eigenvalue weighted by molar-refractivity contribution is 7.89. The Bertz CT molecular complexity index is 642. The molecule has 0 radical (unpaired) electrons. The van der Waals surface area contributed by atoms with Crippen molar-refractivity contribution in [3.63, 3.8) is 0 Å². The molecule has 0 unspecified atom stereocenters. The second-order valence-corrected chi connectivity index (χ2v) is 6.98. The Balaban J connectivity index is 2.26. The molecule has 1 aromatic carbocycles. The van der Waals surface area contributed by atoms with E-state index in [4.69, 9.17) is 5.11 Å². The normalized spacial score (nSPS) is 16.9. The van der Waals surface area contributed by atoms with E-state index in [0.29, 0.717) is 24.0 Å². The lowest BCUT2D eigenvalue weighted by molar-refractivity contribution is -0.143. The van der Waals surface area contributed by atoms with Crippen LogP contribution in [0.4, 0.5) is 4.39 Å². The van der Waals surface area contributed by atoms with Crippen LogP contribution in [0.15, 0.2) is 17.0 Å². The fraction of sp³-hybridized carbons (Fsp3) is 0.462. The summed E-state index contributed by atoms with van der Waals surface area (Å²) in [5.41, 5.74) is -0.375. The van der Waals surface area contributed by atoms with Gasteiger partial charge in [0.25, 0.3) is 0 Å². The Hall–Kier alpha value is -1.47. The molecule has 5 nitrogen and oxygen atoms in total. The second kappa shape index (κ2) is 4.82. The molecule has 1 aliphatic carbocycles. The van der Waals surface area contributed by atoms with Crippen molar-refractivity contribution in [3.05, 3.63) is 29.1 Å². The predicted octanol–water partition coefficient (Wildman–Crippen LogP) is 1.59. The highest BCUT2D eigenvalue weighted by atomic mass is 32.2. The molecule has 110 valence electrons. The number of carboxylic acid groups (broad SMARTS) is 1. The number of carboxylic acids is 1. The van der Waals surface area contributed by atoms with Gasteiger partial charge in [0, 0.05) is 6.54 Å². The molecular weight excluding hydrogens is 285 g/mol. The van der Waals surface area contributed by atoms with Crippen LogP contribution in [0.3, 0.4) is 0 Å². The molecule has 2 N–H and O–H groups in total. The maximum Gasteiger partial charge on any atom is 0.310 e. The molecule has 1 aromatic rings. The van der Waals surface area contributed by atoms with Gasteiger partial charge in [-0.1, -0.05) is 0 Å². The highest BCUT2D eigenvalue weighted by Gasteiger charge is 2.50. The van der Waals surface area contributed by atoms with Crippen molar-refractivity contribution < 1.29 is 22.7 Å². The van der Waals surface area contributed by atoms with Crippen LogP contribution in [0, 0.1) is 25.1 Å². The molecular formula is C13H16FNO4S. The Labute approximate surface area is 116 Å². The molecule has 0 amide bonds. The molecule has 1 saturated carbocycles. The first-order chi connectivity index (χ1) is 9.18. The van der Waals surface area contributed by atoms with E-state index in [1.807, 2.05) is 0 Å². The average molecular weight is 301 g/mol. The molecule has 2 rings (SSSR count). The molecule has 0 heterocycles. The van der Waals surface area contributed by atoms with E-state index in [1.165, 1.54) is 13.8 Å². The molecule has 1 aliphatic rings. The number of benzene rings is 1. The summed E-state index contributed by atoms with van der Waals surface area (Å²) in [4.78, 5) is 11.0. The molecule has 0 aliphatic heterocycles. The zero-order valence-corrected chi connectivity index (χ0v) is 12.1. The highest BCUT2D eigenvalue weighted by Crippen LogP contribution is 2.45. The Kier molecular flexibility index (Phi) is 3.60. The van der Waals surface area contributed by atoms with E-state index in [-0.39, 0.29) is 11.4 Å². The van der Waals surface area contributed by atoms with Crippen LogP contribution < -0.4 is 4.72 Å². The molecule has 20 heavy (non-hydrogen) atoms. The summed E-state index contributed by atoms with van der Waals surface area (Å²) in [5, 5.41) is 9.03. The summed E-state index contributed by atoms with van der Waals surface area (Å²) < 4.78 is 40.0. The van der Waals surface area contributed by atoms with Gasteiger partial charge in [-0.05, 0) is 49.9 Å². The molecule has 7 heteroatoms. The third-order valence-electron chi connectivity index (χ3n) is 3.60. The molecule has 0 spiro atoms. The first kappa shape index (κ1) is 14.9. The number of halogens is 1. The lowest BCUT2D eigenvalue weighted by atomic mass is 10.1. The number of aryl methyl sites for hydroxylation is 2. The second-order valence-electron chi connectivity index (χ2n) is 5.28. The van der Waals surface area contributed by atoms with Crippen molar-refractivity contribution in [2.75, 3.05) is 6.54 Å².